The van der Waals surface area contributed by atoms with Crippen LogP contribution in [0.5, 0.6) is 0 Å². The number of hydrogen-bond acceptors (Lipinski definition) is 4. The van der Waals surface area contributed by atoms with Crippen LogP contribution in [-0.2, 0) is 15.3 Å². The van der Waals surface area contributed by atoms with E-state index in [0.717, 1.165) is 4.88 Å². The molecule has 0 aliphatic rings. The van der Waals surface area contributed by atoms with Gasteiger partial charge in [-0.3, -0.25) is 0 Å². The SMILES string of the molecule is COC(CN)(OC)c1cccs1. The van der Waals surface area contributed by atoms with Crippen molar-refractivity contribution in [3.8, 4) is 0 Å². The molecule has 0 bridgehead atoms. The van der Waals surface area contributed by atoms with Gasteiger partial charge in [-0.25, -0.2) is 0 Å². The summed E-state index contributed by atoms with van der Waals surface area (Å²) in [5, 5.41) is 1.97. The van der Waals surface area contributed by atoms with Gasteiger partial charge >= 0.3 is 0 Å². The summed E-state index contributed by atoms with van der Waals surface area (Å²) in [5.41, 5.74) is 5.58. The Bertz CT molecular complexity index is 211. The van der Waals surface area contributed by atoms with Crippen molar-refractivity contribution in [2.75, 3.05) is 20.8 Å². The van der Waals surface area contributed by atoms with Gasteiger partial charge < -0.3 is 15.2 Å². The summed E-state index contributed by atoms with van der Waals surface area (Å²) in [6, 6.07) is 3.90. The minimum absolute atomic E-state index is 0.320. The molecule has 12 heavy (non-hydrogen) atoms. The predicted molar refractivity (Wildman–Crippen MR) is 49.1 cm³/mol. The molecule has 0 saturated carbocycles. The molecule has 1 aromatic rings. The van der Waals surface area contributed by atoms with Crippen molar-refractivity contribution in [2.45, 2.75) is 5.79 Å². The van der Waals surface area contributed by atoms with Gasteiger partial charge in [0.05, 0.1) is 11.4 Å². The van der Waals surface area contributed by atoms with Crippen LogP contribution in [0.4, 0.5) is 0 Å². The van der Waals surface area contributed by atoms with Crippen LogP contribution in [0.1, 0.15) is 4.88 Å². The van der Waals surface area contributed by atoms with Crippen LogP contribution in [0, 0.1) is 0 Å². The topological polar surface area (TPSA) is 44.5 Å². The third kappa shape index (κ3) is 1.51. The summed E-state index contributed by atoms with van der Waals surface area (Å²) in [7, 11) is 3.19. The van der Waals surface area contributed by atoms with Gasteiger partial charge in [0.1, 0.15) is 0 Å². The van der Waals surface area contributed by atoms with Gasteiger partial charge in [-0.05, 0) is 11.4 Å². The Morgan fingerprint density at radius 1 is 1.50 bits per heavy atom. The zero-order valence-electron chi connectivity index (χ0n) is 7.24. The summed E-state index contributed by atoms with van der Waals surface area (Å²) in [5.74, 6) is -0.756. The second kappa shape index (κ2) is 4.00. The Balaban J connectivity index is 2.93. The lowest BCUT2D eigenvalue weighted by Crippen LogP contribution is -2.38. The lowest BCUT2D eigenvalue weighted by Gasteiger charge is -2.27. The van der Waals surface area contributed by atoms with Gasteiger partial charge in [0.2, 0.25) is 5.79 Å². The van der Waals surface area contributed by atoms with Crippen LogP contribution in [0.15, 0.2) is 17.5 Å². The number of thiophene rings is 1. The van der Waals surface area contributed by atoms with Crippen molar-refractivity contribution in [2.24, 2.45) is 5.73 Å². The maximum atomic E-state index is 5.58. The van der Waals surface area contributed by atoms with E-state index in [-0.39, 0.29) is 0 Å². The van der Waals surface area contributed by atoms with Crippen LogP contribution in [0.3, 0.4) is 0 Å². The molecule has 4 heteroatoms. The first-order chi connectivity index (χ1) is 5.79. The first kappa shape index (κ1) is 9.67. The zero-order chi connectivity index (χ0) is 9.03. The predicted octanol–water partition coefficient (Wildman–Crippen LogP) is 1.15. The van der Waals surface area contributed by atoms with Gasteiger partial charge in [-0.1, -0.05) is 6.07 Å². The molecule has 0 saturated heterocycles. The summed E-state index contributed by atoms with van der Waals surface area (Å²) >= 11 is 1.57. The molecule has 0 spiro atoms. The van der Waals surface area contributed by atoms with E-state index in [1.54, 1.807) is 25.6 Å². The average molecular weight is 187 g/mol. The monoisotopic (exact) mass is 187 g/mol. The van der Waals surface area contributed by atoms with Crippen LogP contribution < -0.4 is 5.73 Å². The van der Waals surface area contributed by atoms with Crippen molar-refractivity contribution < 1.29 is 9.47 Å². The molecular weight excluding hydrogens is 174 g/mol. The first-order valence-corrected chi connectivity index (χ1v) is 4.51. The van der Waals surface area contributed by atoms with Crippen molar-refractivity contribution in [1.29, 1.82) is 0 Å². The van der Waals surface area contributed by atoms with E-state index < -0.39 is 5.79 Å². The van der Waals surface area contributed by atoms with E-state index in [2.05, 4.69) is 0 Å². The molecule has 0 amide bonds. The first-order valence-electron chi connectivity index (χ1n) is 3.63. The van der Waals surface area contributed by atoms with Crippen LogP contribution in [0.25, 0.3) is 0 Å². The van der Waals surface area contributed by atoms with Crippen molar-refractivity contribution in [3.05, 3.63) is 22.4 Å². The third-order valence-electron chi connectivity index (χ3n) is 1.82. The van der Waals surface area contributed by atoms with Gasteiger partial charge in [-0.15, -0.1) is 11.3 Å². The zero-order valence-corrected chi connectivity index (χ0v) is 8.06. The summed E-state index contributed by atoms with van der Waals surface area (Å²) in [4.78, 5) is 0.995. The van der Waals surface area contributed by atoms with E-state index in [0.29, 0.717) is 6.54 Å². The Morgan fingerprint density at radius 2 is 2.17 bits per heavy atom. The van der Waals surface area contributed by atoms with Gasteiger partial charge in [0.25, 0.3) is 0 Å². The molecule has 3 nitrogen and oxygen atoms in total. The molecule has 0 aliphatic carbocycles. The van der Waals surface area contributed by atoms with E-state index in [1.807, 2.05) is 17.5 Å². The highest BCUT2D eigenvalue weighted by molar-refractivity contribution is 7.10. The highest BCUT2D eigenvalue weighted by atomic mass is 32.1. The summed E-state index contributed by atoms with van der Waals surface area (Å²) in [6.45, 7) is 0.320. The fourth-order valence-corrected chi connectivity index (χ4v) is 1.94. The maximum absolute atomic E-state index is 5.58. The molecule has 0 aliphatic heterocycles. The molecule has 0 aromatic carbocycles. The summed E-state index contributed by atoms with van der Waals surface area (Å²) in [6.07, 6.45) is 0. The molecule has 0 radical (unpaired) electrons. The average Bonchev–Trinajstić information content (AvgIpc) is 2.62. The van der Waals surface area contributed by atoms with Crippen molar-refractivity contribution >= 4 is 11.3 Å². The number of ether oxygens (including phenoxy) is 2. The minimum Gasteiger partial charge on any atom is -0.348 e. The van der Waals surface area contributed by atoms with Crippen molar-refractivity contribution in [3.63, 3.8) is 0 Å². The fourth-order valence-electron chi connectivity index (χ4n) is 1.05. The van der Waals surface area contributed by atoms with Gasteiger partial charge in [-0.2, -0.15) is 0 Å². The second-order valence-electron chi connectivity index (χ2n) is 2.34. The Kier molecular flexibility index (Phi) is 3.22. The Hall–Kier alpha value is -0.420. The minimum atomic E-state index is -0.756. The Labute approximate surface area is 76.1 Å². The largest absolute Gasteiger partial charge is 0.348 e. The second-order valence-corrected chi connectivity index (χ2v) is 3.29. The van der Waals surface area contributed by atoms with E-state index >= 15 is 0 Å². The van der Waals surface area contributed by atoms with Crippen LogP contribution >= 0.6 is 11.3 Å². The highest BCUT2D eigenvalue weighted by Gasteiger charge is 2.31. The standard InChI is InChI=1S/C8H13NO2S/c1-10-8(6-9,11-2)7-4-3-5-12-7/h3-5H,6,9H2,1-2H3. The Morgan fingerprint density at radius 3 is 2.50 bits per heavy atom. The lowest BCUT2D eigenvalue weighted by atomic mass is 10.2. The summed E-state index contributed by atoms with van der Waals surface area (Å²) < 4.78 is 10.5. The number of rotatable bonds is 4. The number of hydrogen-bond donors (Lipinski definition) is 1. The lowest BCUT2D eigenvalue weighted by molar-refractivity contribution is -0.205. The maximum Gasteiger partial charge on any atom is 0.216 e. The highest BCUT2D eigenvalue weighted by Crippen LogP contribution is 2.28. The molecule has 1 rings (SSSR count). The molecular formula is C8H13NO2S. The van der Waals surface area contributed by atoms with Crippen LogP contribution in [-0.4, -0.2) is 20.8 Å². The number of methoxy groups -OCH3 is 2. The smallest absolute Gasteiger partial charge is 0.216 e. The molecule has 68 valence electrons. The normalized spacial score (nSPS) is 11.9. The van der Waals surface area contributed by atoms with E-state index in [1.165, 1.54) is 0 Å². The third-order valence-corrected chi connectivity index (χ3v) is 2.82. The molecule has 1 heterocycles. The molecule has 2 N–H and O–H groups in total. The van der Waals surface area contributed by atoms with E-state index in [4.69, 9.17) is 15.2 Å². The number of nitrogens with two attached hydrogens (primary N) is 1. The van der Waals surface area contributed by atoms with Crippen LogP contribution in [0.2, 0.25) is 0 Å². The fraction of sp³-hybridized carbons (Fsp3) is 0.500. The quantitative estimate of drug-likeness (QED) is 0.719. The van der Waals surface area contributed by atoms with Gasteiger partial charge in [0.15, 0.2) is 0 Å². The van der Waals surface area contributed by atoms with Crippen molar-refractivity contribution in [1.82, 2.24) is 0 Å². The molecule has 0 fully saturated rings. The molecule has 1 aromatic heterocycles. The van der Waals surface area contributed by atoms with E-state index in [9.17, 15) is 0 Å². The molecule has 0 unspecified atom stereocenters. The van der Waals surface area contributed by atoms with Gasteiger partial charge in [0, 0.05) is 14.2 Å². The molecule has 0 atom stereocenters.